The zero-order chi connectivity index (χ0) is 14.1. The molecule has 0 bridgehead atoms. The maximum Gasteiger partial charge on any atom is 0.183 e. The molecule has 1 saturated heterocycles. The van der Waals surface area contributed by atoms with Crippen LogP contribution in [-0.2, 0) is 10.8 Å². The molecule has 1 aliphatic rings. The molecule has 1 aromatic heterocycles. The third-order valence-corrected chi connectivity index (χ3v) is 5.73. The molecule has 1 aromatic carbocycles. The molecule has 2 aromatic rings. The van der Waals surface area contributed by atoms with E-state index in [2.05, 4.69) is 31.5 Å². The Bertz CT molecular complexity index is 649. The van der Waals surface area contributed by atoms with Gasteiger partial charge in [0, 0.05) is 33.6 Å². The van der Waals surface area contributed by atoms with E-state index in [-0.39, 0.29) is 6.04 Å². The molecule has 20 heavy (non-hydrogen) atoms. The molecule has 0 radical (unpaired) electrons. The lowest BCUT2D eigenvalue weighted by molar-refractivity contribution is 0.415. The minimum absolute atomic E-state index is 0.200. The van der Waals surface area contributed by atoms with Gasteiger partial charge >= 0.3 is 0 Å². The highest BCUT2D eigenvalue weighted by Gasteiger charge is 2.24. The maximum atomic E-state index is 11.5. The number of halogens is 1. The Morgan fingerprint density at radius 3 is 2.85 bits per heavy atom. The van der Waals surface area contributed by atoms with Crippen LogP contribution in [0.2, 0.25) is 0 Å². The van der Waals surface area contributed by atoms with Gasteiger partial charge in [-0.1, -0.05) is 6.07 Å². The molecule has 0 saturated carbocycles. The normalized spacial score (nSPS) is 22.9. The standard InChI is InChI=1S/C12H14BrN5OS/c13-11-9(2-1-3-10(11)14)12-15-16-17-18(12)8-4-6-20(19)7-5-8/h1-3,8H,4-7,14H2. The van der Waals surface area contributed by atoms with Gasteiger partial charge in [-0.15, -0.1) is 5.10 Å². The van der Waals surface area contributed by atoms with Crippen molar-refractivity contribution >= 4 is 32.4 Å². The summed E-state index contributed by atoms with van der Waals surface area (Å²) in [6.45, 7) is 0. The van der Waals surface area contributed by atoms with Crippen molar-refractivity contribution < 1.29 is 4.21 Å². The van der Waals surface area contributed by atoms with Gasteiger partial charge in [-0.05, 0) is 51.3 Å². The van der Waals surface area contributed by atoms with Gasteiger partial charge in [0.1, 0.15) is 0 Å². The molecular formula is C12H14BrN5OS. The van der Waals surface area contributed by atoms with Gasteiger partial charge in [-0.25, -0.2) is 4.68 Å². The van der Waals surface area contributed by atoms with Crippen LogP contribution in [0.15, 0.2) is 22.7 Å². The lowest BCUT2D eigenvalue weighted by Crippen LogP contribution is -2.23. The first kappa shape index (κ1) is 13.7. The summed E-state index contributed by atoms with van der Waals surface area (Å²) in [5.74, 6) is 2.12. The minimum Gasteiger partial charge on any atom is -0.398 e. The van der Waals surface area contributed by atoms with E-state index in [9.17, 15) is 4.21 Å². The zero-order valence-corrected chi connectivity index (χ0v) is 13.1. The van der Waals surface area contributed by atoms with E-state index < -0.39 is 10.8 Å². The van der Waals surface area contributed by atoms with Gasteiger partial charge in [0.15, 0.2) is 5.82 Å². The van der Waals surface area contributed by atoms with E-state index in [1.54, 1.807) is 0 Å². The van der Waals surface area contributed by atoms with Crippen LogP contribution in [0.4, 0.5) is 5.69 Å². The second kappa shape index (κ2) is 5.61. The number of hydrogen-bond acceptors (Lipinski definition) is 5. The summed E-state index contributed by atoms with van der Waals surface area (Å²) in [5.41, 5.74) is 7.44. The Labute approximate surface area is 127 Å². The van der Waals surface area contributed by atoms with Crippen molar-refractivity contribution in [2.45, 2.75) is 18.9 Å². The smallest absolute Gasteiger partial charge is 0.183 e. The molecule has 0 spiro atoms. The average Bonchev–Trinajstić information content (AvgIpc) is 2.92. The molecule has 2 N–H and O–H groups in total. The second-order valence-electron chi connectivity index (χ2n) is 4.74. The van der Waals surface area contributed by atoms with Crippen LogP contribution in [-0.4, -0.2) is 35.9 Å². The monoisotopic (exact) mass is 355 g/mol. The van der Waals surface area contributed by atoms with Crippen molar-refractivity contribution in [1.82, 2.24) is 20.2 Å². The molecule has 1 fully saturated rings. The summed E-state index contributed by atoms with van der Waals surface area (Å²) in [6, 6.07) is 5.84. The molecule has 0 aliphatic carbocycles. The first-order valence-electron chi connectivity index (χ1n) is 6.34. The maximum absolute atomic E-state index is 11.5. The van der Waals surface area contributed by atoms with Crippen molar-refractivity contribution in [3.63, 3.8) is 0 Å². The predicted octanol–water partition coefficient (Wildman–Crippen LogP) is 1.77. The summed E-state index contributed by atoms with van der Waals surface area (Å²) in [6.07, 6.45) is 1.68. The highest BCUT2D eigenvalue weighted by atomic mass is 79.9. The van der Waals surface area contributed by atoms with Crippen LogP contribution < -0.4 is 5.73 Å². The number of benzene rings is 1. The number of nitrogen functional groups attached to an aromatic ring is 1. The van der Waals surface area contributed by atoms with E-state index in [4.69, 9.17) is 5.73 Å². The number of nitrogens with zero attached hydrogens (tertiary/aromatic N) is 4. The van der Waals surface area contributed by atoms with Crippen molar-refractivity contribution in [2.75, 3.05) is 17.2 Å². The van der Waals surface area contributed by atoms with E-state index in [1.165, 1.54) is 0 Å². The summed E-state index contributed by atoms with van der Waals surface area (Å²) in [7, 11) is -0.693. The Morgan fingerprint density at radius 2 is 2.10 bits per heavy atom. The highest BCUT2D eigenvalue weighted by Crippen LogP contribution is 2.33. The molecule has 0 atom stereocenters. The predicted molar refractivity (Wildman–Crippen MR) is 81.5 cm³/mol. The zero-order valence-electron chi connectivity index (χ0n) is 10.7. The number of aromatic nitrogens is 4. The summed E-state index contributed by atoms with van der Waals surface area (Å²) >= 11 is 3.49. The average molecular weight is 356 g/mol. The lowest BCUT2D eigenvalue weighted by atomic mass is 10.1. The van der Waals surface area contributed by atoms with Gasteiger partial charge in [-0.3, -0.25) is 4.21 Å². The molecule has 0 unspecified atom stereocenters. The topological polar surface area (TPSA) is 86.7 Å². The Morgan fingerprint density at radius 1 is 1.35 bits per heavy atom. The van der Waals surface area contributed by atoms with Gasteiger partial charge < -0.3 is 5.73 Å². The van der Waals surface area contributed by atoms with E-state index in [0.717, 1.165) is 22.9 Å². The number of anilines is 1. The summed E-state index contributed by atoms with van der Waals surface area (Å²) < 4.78 is 14.1. The number of tetrazole rings is 1. The number of rotatable bonds is 2. The van der Waals surface area contributed by atoms with Crippen LogP contribution >= 0.6 is 15.9 Å². The third-order valence-electron chi connectivity index (χ3n) is 3.47. The molecule has 0 amide bonds. The first-order valence-corrected chi connectivity index (χ1v) is 8.62. The quantitative estimate of drug-likeness (QED) is 0.829. The molecule has 1 aliphatic heterocycles. The molecule has 106 valence electrons. The number of nitrogens with two attached hydrogens (primary N) is 1. The first-order chi connectivity index (χ1) is 9.66. The third kappa shape index (κ3) is 2.49. The van der Waals surface area contributed by atoms with Crippen LogP contribution in [0.3, 0.4) is 0 Å². The molecule has 6 nitrogen and oxygen atoms in total. The Hall–Kier alpha value is -1.28. The van der Waals surface area contributed by atoms with Crippen molar-refractivity contribution in [3.05, 3.63) is 22.7 Å². The highest BCUT2D eigenvalue weighted by molar-refractivity contribution is 9.10. The molecule has 2 heterocycles. The lowest BCUT2D eigenvalue weighted by Gasteiger charge is -2.22. The Kier molecular flexibility index (Phi) is 3.84. The van der Waals surface area contributed by atoms with Crippen molar-refractivity contribution in [3.8, 4) is 11.4 Å². The summed E-state index contributed by atoms with van der Waals surface area (Å²) in [4.78, 5) is 0. The van der Waals surface area contributed by atoms with Crippen LogP contribution in [0.1, 0.15) is 18.9 Å². The fourth-order valence-electron chi connectivity index (χ4n) is 2.37. The van der Waals surface area contributed by atoms with E-state index in [1.807, 2.05) is 22.9 Å². The SMILES string of the molecule is Nc1cccc(-c2nnnn2C2CCS(=O)CC2)c1Br. The van der Waals surface area contributed by atoms with E-state index >= 15 is 0 Å². The van der Waals surface area contributed by atoms with E-state index in [0.29, 0.717) is 23.0 Å². The summed E-state index contributed by atoms with van der Waals surface area (Å²) in [5, 5.41) is 12.0. The largest absolute Gasteiger partial charge is 0.398 e. The number of hydrogen-bond donors (Lipinski definition) is 1. The van der Waals surface area contributed by atoms with Crippen LogP contribution in [0.5, 0.6) is 0 Å². The fourth-order valence-corrected chi connectivity index (χ4v) is 4.08. The Balaban J connectivity index is 1.98. The van der Waals surface area contributed by atoms with Gasteiger partial charge in [0.2, 0.25) is 0 Å². The van der Waals surface area contributed by atoms with Crippen LogP contribution in [0.25, 0.3) is 11.4 Å². The minimum atomic E-state index is -0.693. The van der Waals surface area contributed by atoms with Crippen molar-refractivity contribution in [2.24, 2.45) is 0 Å². The van der Waals surface area contributed by atoms with Crippen LogP contribution in [0, 0.1) is 0 Å². The van der Waals surface area contributed by atoms with Gasteiger partial charge in [-0.2, -0.15) is 0 Å². The second-order valence-corrected chi connectivity index (χ2v) is 7.22. The fraction of sp³-hybridized carbons (Fsp3) is 0.417. The molecular weight excluding hydrogens is 342 g/mol. The molecule has 8 heteroatoms. The molecule has 3 rings (SSSR count). The van der Waals surface area contributed by atoms with Gasteiger partial charge in [0.25, 0.3) is 0 Å². The van der Waals surface area contributed by atoms with Crippen molar-refractivity contribution in [1.29, 1.82) is 0 Å². The van der Waals surface area contributed by atoms with Gasteiger partial charge in [0.05, 0.1) is 10.5 Å².